The molecule has 1 saturated heterocycles. The molecule has 0 aliphatic carbocycles. The van der Waals surface area contributed by atoms with E-state index in [0.29, 0.717) is 4.88 Å². The van der Waals surface area contributed by atoms with E-state index in [2.05, 4.69) is 25.4 Å². The summed E-state index contributed by atoms with van der Waals surface area (Å²) >= 11 is 1.38. The molecule has 1 amide bonds. The molecule has 1 aromatic carbocycles. The third-order valence-electron chi connectivity index (χ3n) is 5.59. The highest BCUT2D eigenvalue weighted by Crippen LogP contribution is 2.25. The van der Waals surface area contributed by atoms with Gasteiger partial charge in [-0.1, -0.05) is 23.5 Å². The lowest BCUT2D eigenvalue weighted by Gasteiger charge is -2.27. The van der Waals surface area contributed by atoms with E-state index in [4.69, 9.17) is 0 Å². The zero-order valence-electron chi connectivity index (χ0n) is 17.9. The van der Waals surface area contributed by atoms with Gasteiger partial charge < -0.3 is 14.8 Å². The Kier molecular flexibility index (Phi) is 5.68. The van der Waals surface area contributed by atoms with E-state index in [1.165, 1.54) is 30.6 Å². The second kappa shape index (κ2) is 8.92. The van der Waals surface area contributed by atoms with Gasteiger partial charge in [0.1, 0.15) is 4.88 Å². The summed E-state index contributed by atoms with van der Waals surface area (Å²) in [6, 6.07) is 15.6. The Morgan fingerprint density at radius 1 is 0.969 bits per heavy atom. The Bertz CT molecular complexity index is 1190. The summed E-state index contributed by atoms with van der Waals surface area (Å²) in [5.41, 5.74) is 3.23. The standard InChI is InChI=1S/C24H24N6OS/c1-17-22(32-24(25-17)30-15-5-6-16-30)23(31)26-19-9-7-18(8-10-19)20-11-12-21(28-27-20)29-13-3-2-4-14-29/h5-12,15-16H,2-4,13-14H2,1H3,(H,26,31). The summed E-state index contributed by atoms with van der Waals surface area (Å²) < 4.78 is 1.90. The minimum absolute atomic E-state index is 0.156. The Labute approximate surface area is 190 Å². The van der Waals surface area contributed by atoms with E-state index < -0.39 is 0 Å². The number of piperidine rings is 1. The number of amides is 1. The minimum Gasteiger partial charge on any atom is -0.355 e. The highest BCUT2D eigenvalue weighted by molar-refractivity contribution is 7.16. The molecule has 0 atom stereocenters. The van der Waals surface area contributed by atoms with Crippen LogP contribution >= 0.6 is 11.3 Å². The Balaban J connectivity index is 1.26. The molecule has 0 saturated carbocycles. The fourth-order valence-corrected chi connectivity index (χ4v) is 4.78. The van der Waals surface area contributed by atoms with E-state index >= 15 is 0 Å². The van der Waals surface area contributed by atoms with Crippen LogP contribution in [0.1, 0.15) is 34.6 Å². The van der Waals surface area contributed by atoms with Crippen LogP contribution in [0.3, 0.4) is 0 Å². The van der Waals surface area contributed by atoms with Gasteiger partial charge in [0, 0.05) is 36.7 Å². The molecule has 4 aromatic rings. The second-order valence-corrected chi connectivity index (χ2v) is 8.83. The number of benzene rings is 1. The number of thiazole rings is 1. The molecule has 4 heterocycles. The van der Waals surface area contributed by atoms with Gasteiger partial charge >= 0.3 is 0 Å². The van der Waals surface area contributed by atoms with Crippen LogP contribution in [0.2, 0.25) is 0 Å². The van der Waals surface area contributed by atoms with Crippen LogP contribution in [0.4, 0.5) is 11.5 Å². The topological polar surface area (TPSA) is 75.9 Å². The van der Waals surface area contributed by atoms with Gasteiger partial charge in [0.2, 0.25) is 0 Å². The van der Waals surface area contributed by atoms with Crippen molar-refractivity contribution in [3.05, 3.63) is 71.5 Å². The predicted octanol–water partition coefficient (Wildman–Crippen LogP) is 4.94. The second-order valence-electron chi connectivity index (χ2n) is 7.86. The smallest absolute Gasteiger partial charge is 0.267 e. The largest absolute Gasteiger partial charge is 0.355 e. The molecule has 7 nitrogen and oxygen atoms in total. The zero-order chi connectivity index (χ0) is 21.9. The lowest BCUT2D eigenvalue weighted by atomic mass is 10.1. The van der Waals surface area contributed by atoms with Crippen molar-refractivity contribution in [2.45, 2.75) is 26.2 Å². The number of carbonyl (C=O) groups excluding carboxylic acids is 1. The minimum atomic E-state index is -0.156. The van der Waals surface area contributed by atoms with Crippen molar-refractivity contribution in [2.75, 3.05) is 23.3 Å². The summed E-state index contributed by atoms with van der Waals surface area (Å²) in [5.74, 6) is 0.786. The molecule has 0 bridgehead atoms. The molecular weight excluding hydrogens is 420 g/mol. The molecule has 8 heteroatoms. The fourth-order valence-electron chi connectivity index (χ4n) is 3.85. The van der Waals surface area contributed by atoms with Gasteiger partial charge in [0.25, 0.3) is 5.91 Å². The fraction of sp³-hybridized carbons (Fsp3) is 0.250. The van der Waals surface area contributed by atoms with E-state index in [0.717, 1.165) is 46.7 Å². The SMILES string of the molecule is Cc1nc(-n2cccc2)sc1C(=O)Nc1ccc(-c2ccc(N3CCCCC3)nn2)cc1. The molecular formula is C24H24N6OS. The van der Waals surface area contributed by atoms with E-state index in [9.17, 15) is 4.79 Å². The van der Waals surface area contributed by atoms with E-state index in [-0.39, 0.29) is 5.91 Å². The zero-order valence-corrected chi connectivity index (χ0v) is 18.7. The van der Waals surface area contributed by atoms with Crippen LogP contribution in [-0.4, -0.2) is 38.7 Å². The van der Waals surface area contributed by atoms with Crippen molar-refractivity contribution in [3.8, 4) is 16.4 Å². The highest BCUT2D eigenvalue weighted by atomic mass is 32.1. The molecule has 162 valence electrons. The van der Waals surface area contributed by atoms with Gasteiger partial charge in [-0.3, -0.25) is 4.79 Å². The molecule has 0 spiro atoms. The van der Waals surface area contributed by atoms with Gasteiger partial charge in [-0.05, 0) is 62.6 Å². The van der Waals surface area contributed by atoms with Crippen LogP contribution in [0.5, 0.6) is 0 Å². The normalized spacial score (nSPS) is 13.8. The molecule has 5 rings (SSSR count). The average molecular weight is 445 g/mol. The van der Waals surface area contributed by atoms with Crippen LogP contribution in [0.25, 0.3) is 16.4 Å². The summed E-state index contributed by atoms with van der Waals surface area (Å²) in [6.45, 7) is 3.96. The van der Waals surface area contributed by atoms with Crippen LogP contribution in [0, 0.1) is 6.92 Å². The predicted molar refractivity (Wildman–Crippen MR) is 128 cm³/mol. The number of rotatable bonds is 5. The third kappa shape index (κ3) is 4.27. The van der Waals surface area contributed by atoms with Crippen LogP contribution in [-0.2, 0) is 0 Å². The number of nitrogens with zero attached hydrogens (tertiary/aromatic N) is 5. The Morgan fingerprint density at radius 2 is 1.72 bits per heavy atom. The lowest BCUT2D eigenvalue weighted by molar-refractivity contribution is 0.103. The van der Waals surface area contributed by atoms with Crippen LogP contribution < -0.4 is 10.2 Å². The molecule has 3 aromatic heterocycles. The number of nitrogens with one attached hydrogen (secondary N) is 1. The molecule has 0 unspecified atom stereocenters. The van der Waals surface area contributed by atoms with Gasteiger partial charge in [0.05, 0.1) is 11.4 Å². The van der Waals surface area contributed by atoms with Crippen molar-refractivity contribution in [1.82, 2.24) is 19.7 Å². The maximum absolute atomic E-state index is 12.8. The molecule has 1 fully saturated rings. The van der Waals surface area contributed by atoms with E-state index in [1.807, 2.05) is 72.4 Å². The average Bonchev–Trinajstić information content (AvgIpc) is 3.50. The Morgan fingerprint density at radius 3 is 2.41 bits per heavy atom. The van der Waals surface area contributed by atoms with Gasteiger partial charge in [-0.15, -0.1) is 10.2 Å². The number of carbonyl (C=O) groups is 1. The van der Waals surface area contributed by atoms with Crippen molar-refractivity contribution in [1.29, 1.82) is 0 Å². The first-order chi connectivity index (χ1) is 15.7. The number of hydrogen-bond donors (Lipinski definition) is 1. The van der Waals surface area contributed by atoms with Crippen molar-refractivity contribution >= 4 is 28.7 Å². The molecule has 1 aliphatic rings. The monoisotopic (exact) mass is 444 g/mol. The number of aromatic nitrogens is 4. The first kappa shape index (κ1) is 20.4. The summed E-state index contributed by atoms with van der Waals surface area (Å²) in [6.07, 6.45) is 7.56. The molecule has 1 aliphatic heterocycles. The molecule has 32 heavy (non-hydrogen) atoms. The highest BCUT2D eigenvalue weighted by Gasteiger charge is 2.17. The van der Waals surface area contributed by atoms with Gasteiger partial charge in [-0.2, -0.15) is 0 Å². The maximum atomic E-state index is 12.8. The molecule has 1 N–H and O–H groups in total. The van der Waals surface area contributed by atoms with Crippen molar-refractivity contribution < 1.29 is 4.79 Å². The molecule has 0 radical (unpaired) electrons. The van der Waals surface area contributed by atoms with Crippen molar-refractivity contribution in [2.24, 2.45) is 0 Å². The number of anilines is 2. The number of aryl methyl sites for hydroxylation is 1. The first-order valence-corrected chi connectivity index (χ1v) is 11.6. The maximum Gasteiger partial charge on any atom is 0.267 e. The quantitative estimate of drug-likeness (QED) is 0.472. The van der Waals surface area contributed by atoms with Crippen molar-refractivity contribution in [3.63, 3.8) is 0 Å². The summed E-state index contributed by atoms with van der Waals surface area (Å²) in [7, 11) is 0. The lowest BCUT2D eigenvalue weighted by Crippen LogP contribution is -2.30. The third-order valence-corrected chi connectivity index (χ3v) is 6.76. The van der Waals surface area contributed by atoms with E-state index in [1.54, 1.807) is 0 Å². The summed E-state index contributed by atoms with van der Waals surface area (Å²) in [5, 5.41) is 12.6. The van der Waals surface area contributed by atoms with Crippen LogP contribution in [0.15, 0.2) is 60.9 Å². The summed E-state index contributed by atoms with van der Waals surface area (Å²) in [4.78, 5) is 20.2. The Hall–Kier alpha value is -3.52. The number of hydrogen-bond acceptors (Lipinski definition) is 6. The van der Waals surface area contributed by atoms with Gasteiger partial charge in [-0.25, -0.2) is 4.98 Å². The van der Waals surface area contributed by atoms with Gasteiger partial charge in [0.15, 0.2) is 10.9 Å². The first-order valence-electron chi connectivity index (χ1n) is 10.8.